The number of halogens is 1. The number of rotatable bonds is 1. The molecule has 0 aliphatic carbocycles. The molecule has 3 nitrogen and oxygen atoms in total. The fraction of sp³-hybridized carbons (Fsp3) is 0.538. The fourth-order valence-corrected chi connectivity index (χ4v) is 2.91. The van der Waals surface area contributed by atoms with E-state index >= 15 is 0 Å². The maximum absolute atomic E-state index is 10.4. The molecule has 0 amide bonds. The largest absolute Gasteiger partial charge is 0.491 e. The van der Waals surface area contributed by atoms with Gasteiger partial charge >= 0.3 is 0 Å². The van der Waals surface area contributed by atoms with Gasteiger partial charge in [-0.1, -0.05) is 11.6 Å². The first-order valence-corrected chi connectivity index (χ1v) is 6.48. The normalized spacial score (nSPS) is 28.8. The van der Waals surface area contributed by atoms with Gasteiger partial charge in [0.05, 0.1) is 6.04 Å². The summed E-state index contributed by atoms with van der Waals surface area (Å²) in [7, 11) is 0. The van der Waals surface area contributed by atoms with E-state index in [1.54, 1.807) is 6.07 Å². The summed E-state index contributed by atoms with van der Waals surface area (Å²) in [6.45, 7) is 2.68. The third-order valence-corrected chi connectivity index (χ3v) is 3.91. The highest BCUT2D eigenvalue weighted by Gasteiger charge is 2.34. The van der Waals surface area contributed by atoms with Crippen molar-refractivity contribution in [3.8, 4) is 5.75 Å². The molecular formula is C13H16ClNO2. The number of likely N-dealkylation sites (tertiary alicyclic amines) is 1. The van der Waals surface area contributed by atoms with Gasteiger partial charge in [0.15, 0.2) is 0 Å². The molecule has 0 aromatic heterocycles. The van der Waals surface area contributed by atoms with Gasteiger partial charge in [-0.15, -0.1) is 0 Å². The first-order valence-electron chi connectivity index (χ1n) is 6.10. The number of hydrogen-bond acceptors (Lipinski definition) is 3. The van der Waals surface area contributed by atoms with Crippen LogP contribution >= 0.6 is 11.6 Å². The maximum Gasteiger partial charge on any atom is 0.125 e. The van der Waals surface area contributed by atoms with Crippen molar-refractivity contribution in [1.82, 2.24) is 4.90 Å². The van der Waals surface area contributed by atoms with E-state index in [0.29, 0.717) is 11.6 Å². The number of nitrogens with zero attached hydrogens (tertiary/aromatic N) is 1. The van der Waals surface area contributed by atoms with Crippen LogP contribution in [0.4, 0.5) is 0 Å². The number of fused-ring (bicyclic) bond motifs is 1. The summed E-state index contributed by atoms with van der Waals surface area (Å²) < 4.78 is 5.71. The summed E-state index contributed by atoms with van der Waals surface area (Å²) in [5.41, 5.74) is 0.820. The molecule has 2 aliphatic rings. The summed E-state index contributed by atoms with van der Waals surface area (Å²) >= 11 is 5.97. The smallest absolute Gasteiger partial charge is 0.125 e. The Kier molecular flexibility index (Phi) is 2.99. The first kappa shape index (κ1) is 11.3. The highest BCUT2D eigenvalue weighted by Crippen LogP contribution is 2.36. The Morgan fingerprint density at radius 1 is 1.29 bits per heavy atom. The second kappa shape index (κ2) is 4.48. The van der Waals surface area contributed by atoms with Crippen molar-refractivity contribution >= 4 is 11.6 Å². The summed E-state index contributed by atoms with van der Waals surface area (Å²) in [5, 5.41) is 11.1. The van der Waals surface area contributed by atoms with Crippen molar-refractivity contribution in [3.05, 3.63) is 28.8 Å². The predicted octanol–water partition coefficient (Wildman–Crippen LogP) is 2.23. The molecule has 1 aromatic carbocycles. The van der Waals surface area contributed by atoms with E-state index in [1.165, 1.54) is 12.8 Å². The lowest BCUT2D eigenvalue weighted by Gasteiger charge is -2.36. The number of aliphatic hydroxyl groups is 1. The van der Waals surface area contributed by atoms with Gasteiger partial charge in [0.2, 0.25) is 0 Å². The zero-order valence-electron chi connectivity index (χ0n) is 9.60. The lowest BCUT2D eigenvalue weighted by molar-refractivity contribution is 0.0140. The molecule has 4 heteroatoms. The molecule has 0 radical (unpaired) electrons. The Morgan fingerprint density at radius 3 is 2.82 bits per heavy atom. The van der Waals surface area contributed by atoms with E-state index in [-0.39, 0.29) is 6.04 Å². The quantitative estimate of drug-likeness (QED) is 0.833. The van der Waals surface area contributed by atoms with Gasteiger partial charge in [0, 0.05) is 10.6 Å². The van der Waals surface area contributed by atoms with Crippen LogP contribution in [0, 0.1) is 0 Å². The van der Waals surface area contributed by atoms with E-state index in [9.17, 15) is 5.11 Å². The van der Waals surface area contributed by atoms with Crippen LogP contribution in [0.3, 0.4) is 0 Å². The molecule has 0 spiro atoms. The Labute approximate surface area is 106 Å². The van der Waals surface area contributed by atoms with Crippen LogP contribution in [0.5, 0.6) is 5.75 Å². The van der Waals surface area contributed by atoms with Crippen molar-refractivity contribution < 1.29 is 9.84 Å². The molecule has 0 bridgehead atoms. The summed E-state index contributed by atoms with van der Waals surface area (Å²) in [5.74, 6) is 0.761. The van der Waals surface area contributed by atoms with Crippen LogP contribution in [-0.2, 0) is 0 Å². The van der Waals surface area contributed by atoms with Crippen molar-refractivity contribution in [3.63, 3.8) is 0 Å². The molecule has 3 rings (SSSR count). The van der Waals surface area contributed by atoms with Crippen molar-refractivity contribution in [2.45, 2.75) is 25.0 Å². The van der Waals surface area contributed by atoms with E-state index in [4.69, 9.17) is 16.3 Å². The molecule has 17 heavy (non-hydrogen) atoms. The summed E-state index contributed by atoms with van der Waals surface area (Å²) in [4.78, 5) is 2.31. The number of ether oxygens (including phenoxy) is 1. The number of aliphatic hydroxyl groups excluding tert-OH is 1. The zero-order valence-corrected chi connectivity index (χ0v) is 10.4. The van der Waals surface area contributed by atoms with Crippen molar-refractivity contribution in [2.24, 2.45) is 0 Å². The van der Waals surface area contributed by atoms with Crippen LogP contribution in [0.15, 0.2) is 18.2 Å². The van der Waals surface area contributed by atoms with Crippen LogP contribution < -0.4 is 4.74 Å². The predicted molar refractivity (Wildman–Crippen MR) is 66.5 cm³/mol. The van der Waals surface area contributed by atoms with Gasteiger partial charge in [-0.3, -0.25) is 4.90 Å². The van der Waals surface area contributed by atoms with E-state index in [1.807, 2.05) is 12.1 Å². The highest BCUT2D eigenvalue weighted by atomic mass is 35.5. The van der Waals surface area contributed by atoms with Crippen molar-refractivity contribution in [2.75, 3.05) is 19.7 Å². The molecule has 2 aliphatic heterocycles. The average molecular weight is 254 g/mol. The van der Waals surface area contributed by atoms with Crippen LogP contribution in [0.1, 0.15) is 24.5 Å². The standard InChI is InChI=1S/C13H16ClNO2/c14-9-3-4-12-10(7-9)13(16)11(8-17-12)15-5-1-2-6-15/h3-4,7,11,13,16H,1-2,5-6,8H2/t11-,13+/m0/s1. The maximum atomic E-state index is 10.4. The topological polar surface area (TPSA) is 32.7 Å². The third kappa shape index (κ3) is 2.03. The van der Waals surface area contributed by atoms with Gasteiger partial charge in [-0.25, -0.2) is 0 Å². The molecule has 0 unspecified atom stereocenters. The van der Waals surface area contributed by atoms with E-state index < -0.39 is 6.10 Å². The van der Waals surface area contributed by atoms with Crippen LogP contribution in [-0.4, -0.2) is 35.7 Å². The minimum absolute atomic E-state index is 0.0727. The number of benzene rings is 1. The average Bonchev–Trinajstić information content (AvgIpc) is 2.84. The van der Waals surface area contributed by atoms with Gasteiger partial charge in [0.1, 0.15) is 18.5 Å². The van der Waals surface area contributed by atoms with Gasteiger partial charge in [0.25, 0.3) is 0 Å². The SMILES string of the molecule is O[C@@H]1c2cc(Cl)ccc2OC[C@@H]1N1CCCC1. The zero-order chi connectivity index (χ0) is 11.8. The molecule has 1 N–H and O–H groups in total. The first-order chi connectivity index (χ1) is 8.25. The Balaban J connectivity index is 1.88. The lowest BCUT2D eigenvalue weighted by Crippen LogP contribution is -2.44. The third-order valence-electron chi connectivity index (χ3n) is 3.67. The van der Waals surface area contributed by atoms with Gasteiger partial charge in [-0.2, -0.15) is 0 Å². The second-order valence-corrected chi connectivity index (χ2v) is 5.18. The minimum atomic E-state index is -0.490. The summed E-state index contributed by atoms with van der Waals surface area (Å²) in [6.07, 6.45) is 1.94. The fourth-order valence-electron chi connectivity index (χ4n) is 2.73. The lowest BCUT2D eigenvalue weighted by atomic mass is 9.98. The molecule has 1 fully saturated rings. The molecule has 1 aromatic rings. The minimum Gasteiger partial charge on any atom is -0.491 e. The van der Waals surface area contributed by atoms with Gasteiger partial charge < -0.3 is 9.84 Å². The number of hydrogen-bond donors (Lipinski definition) is 1. The van der Waals surface area contributed by atoms with Crippen LogP contribution in [0.25, 0.3) is 0 Å². The van der Waals surface area contributed by atoms with Crippen LogP contribution in [0.2, 0.25) is 5.02 Å². The van der Waals surface area contributed by atoms with E-state index in [2.05, 4.69) is 4.90 Å². The summed E-state index contributed by atoms with van der Waals surface area (Å²) in [6, 6.07) is 5.51. The molecular weight excluding hydrogens is 238 g/mol. The Morgan fingerprint density at radius 2 is 2.06 bits per heavy atom. The van der Waals surface area contributed by atoms with E-state index in [0.717, 1.165) is 24.4 Å². The molecule has 0 saturated carbocycles. The van der Waals surface area contributed by atoms with Gasteiger partial charge in [-0.05, 0) is 44.1 Å². The van der Waals surface area contributed by atoms with Crippen molar-refractivity contribution in [1.29, 1.82) is 0 Å². The Hall–Kier alpha value is -0.770. The molecule has 2 atom stereocenters. The molecule has 2 heterocycles. The highest BCUT2D eigenvalue weighted by molar-refractivity contribution is 6.30. The molecule has 92 valence electrons. The monoisotopic (exact) mass is 253 g/mol. The molecule has 1 saturated heterocycles. The second-order valence-electron chi connectivity index (χ2n) is 4.75. The Bertz CT molecular complexity index is 418.